The molecule has 2 aliphatic heterocycles. The van der Waals surface area contributed by atoms with Gasteiger partial charge in [0.2, 0.25) is 13.6 Å². The van der Waals surface area contributed by atoms with E-state index in [9.17, 15) is 14.2 Å². The lowest BCUT2D eigenvalue weighted by atomic mass is 10.1. The number of aromatic nitrogens is 1. The van der Waals surface area contributed by atoms with Crippen LogP contribution in [0.5, 0.6) is 5.75 Å². The van der Waals surface area contributed by atoms with Crippen molar-refractivity contribution in [3.05, 3.63) is 78.1 Å². The van der Waals surface area contributed by atoms with Gasteiger partial charge in [-0.3, -0.25) is 13.4 Å². The minimum Gasteiger partial charge on any atom is -0.497 e. The van der Waals surface area contributed by atoms with Crippen molar-refractivity contribution < 1.29 is 37.4 Å². The first kappa shape index (κ1) is 31.1. The molecule has 0 spiro atoms. The number of esters is 2. The van der Waals surface area contributed by atoms with Gasteiger partial charge in [0, 0.05) is 63.5 Å². The van der Waals surface area contributed by atoms with E-state index in [0.717, 1.165) is 17.5 Å². The summed E-state index contributed by atoms with van der Waals surface area (Å²) in [5.74, 6) is -0.694. The van der Waals surface area contributed by atoms with Crippen LogP contribution in [0.25, 0.3) is 10.9 Å². The van der Waals surface area contributed by atoms with E-state index in [0.29, 0.717) is 41.7 Å². The molecule has 0 atom stereocenters. The highest BCUT2D eigenvalue weighted by Crippen LogP contribution is 2.52. The summed E-state index contributed by atoms with van der Waals surface area (Å²) >= 11 is 0. The second-order valence-corrected chi connectivity index (χ2v) is 12.0. The van der Waals surface area contributed by atoms with Gasteiger partial charge in [0.15, 0.2) is 0 Å². The lowest BCUT2D eigenvalue weighted by Crippen LogP contribution is -2.18. The van der Waals surface area contributed by atoms with Crippen molar-refractivity contribution in [2.45, 2.75) is 19.3 Å². The summed E-state index contributed by atoms with van der Waals surface area (Å²) in [7, 11) is 4.76. The van der Waals surface area contributed by atoms with Crippen molar-refractivity contribution in [3.8, 4) is 5.75 Å². The highest BCUT2D eigenvalue weighted by molar-refractivity contribution is 7.52. The van der Waals surface area contributed by atoms with Crippen LogP contribution in [0.15, 0.2) is 72.5 Å². The standard InChI is InChI=1S/C29H37N4O8P/c1-30(2)15-12-22-19-33(27-16-25(37-5)10-11-26(22)27)42(36,40-20-38-28(34)23-8-6-13-31(3)17-23)41-21-39-29(35)24-9-7-14-32(4)18-24/h6-7,10-11,13-14,16-19H,8-9,12,15,20-21H2,1-5H3. The van der Waals surface area contributed by atoms with Crippen LogP contribution < -0.4 is 4.74 Å². The second kappa shape index (κ2) is 13.9. The average Bonchev–Trinajstić information content (AvgIpc) is 3.34. The Balaban J connectivity index is 1.59. The zero-order valence-corrected chi connectivity index (χ0v) is 25.4. The van der Waals surface area contributed by atoms with E-state index in [4.69, 9.17) is 23.3 Å². The summed E-state index contributed by atoms with van der Waals surface area (Å²) < 4.78 is 43.2. The Labute approximate surface area is 245 Å². The normalized spacial score (nSPS) is 15.2. The molecule has 0 bridgehead atoms. The average molecular weight is 601 g/mol. The van der Waals surface area contributed by atoms with Crippen molar-refractivity contribution in [2.75, 3.05) is 55.4 Å². The first-order valence-electron chi connectivity index (χ1n) is 13.3. The molecule has 226 valence electrons. The van der Waals surface area contributed by atoms with Crippen LogP contribution in [0.2, 0.25) is 0 Å². The Bertz CT molecular complexity index is 1420. The Hall–Kier alpha value is -3.83. The molecule has 0 aliphatic carbocycles. The van der Waals surface area contributed by atoms with E-state index >= 15 is 0 Å². The highest BCUT2D eigenvalue weighted by Gasteiger charge is 2.32. The number of methoxy groups -OCH3 is 1. The molecule has 1 aromatic carbocycles. The molecule has 2 aromatic rings. The fraction of sp³-hybridized carbons (Fsp3) is 0.379. The number of nitrogens with zero attached hydrogens (tertiary/aromatic N) is 4. The van der Waals surface area contributed by atoms with Crippen LogP contribution in [0.1, 0.15) is 18.4 Å². The summed E-state index contributed by atoms with van der Waals surface area (Å²) in [5, 5.41) is 0.823. The quantitative estimate of drug-likeness (QED) is 0.187. The lowest BCUT2D eigenvalue weighted by molar-refractivity contribution is -0.147. The monoisotopic (exact) mass is 600 g/mol. The summed E-state index contributed by atoms with van der Waals surface area (Å²) in [6, 6.07) is 5.41. The summed E-state index contributed by atoms with van der Waals surface area (Å²) in [6.07, 6.45) is 13.7. The summed E-state index contributed by atoms with van der Waals surface area (Å²) in [4.78, 5) is 30.8. The highest BCUT2D eigenvalue weighted by atomic mass is 31.2. The molecule has 4 rings (SSSR count). The fourth-order valence-corrected chi connectivity index (χ4v) is 5.82. The Kier molecular flexibility index (Phi) is 10.3. The molecular weight excluding hydrogens is 563 g/mol. The molecule has 0 saturated carbocycles. The number of fused-ring (bicyclic) bond motifs is 1. The van der Waals surface area contributed by atoms with Crippen molar-refractivity contribution in [2.24, 2.45) is 0 Å². The lowest BCUT2D eigenvalue weighted by Gasteiger charge is -2.21. The Morgan fingerprint density at radius 2 is 1.50 bits per heavy atom. The topological polar surface area (TPSA) is 112 Å². The van der Waals surface area contributed by atoms with E-state index in [1.54, 1.807) is 48.6 Å². The van der Waals surface area contributed by atoms with Gasteiger partial charge in [0.25, 0.3) is 0 Å². The number of benzene rings is 1. The zero-order valence-electron chi connectivity index (χ0n) is 24.5. The van der Waals surface area contributed by atoms with Crippen molar-refractivity contribution in [1.82, 2.24) is 19.0 Å². The maximum absolute atomic E-state index is 14.4. The molecule has 0 N–H and O–H groups in total. The molecular formula is C29H37N4O8P. The molecule has 3 heterocycles. The third-order valence-corrected chi connectivity index (χ3v) is 8.30. The van der Waals surface area contributed by atoms with Crippen LogP contribution >= 0.6 is 7.75 Å². The van der Waals surface area contributed by atoms with Gasteiger partial charge in [-0.15, -0.1) is 0 Å². The SMILES string of the molecule is COc1ccc2c(CCN(C)C)cn(P(=O)(OCOC(=O)C3=CN(C)C=CC3)OCOC(=O)C3=CN(C)C=CC3)c2c1. The van der Waals surface area contributed by atoms with Gasteiger partial charge in [0.05, 0.1) is 23.8 Å². The second-order valence-electron chi connectivity index (χ2n) is 10.1. The fourth-order valence-electron chi connectivity index (χ4n) is 4.42. The minimum atomic E-state index is -4.29. The molecule has 0 saturated heterocycles. The van der Waals surface area contributed by atoms with Gasteiger partial charge in [-0.2, -0.15) is 0 Å². The van der Waals surface area contributed by atoms with Crippen molar-refractivity contribution >= 4 is 30.6 Å². The number of hydrogen-bond acceptors (Lipinski definition) is 11. The van der Waals surface area contributed by atoms with Gasteiger partial charge in [0.1, 0.15) is 5.75 Å². The third-order valence-electron chi connectivity index (χ3n) is 6.58. The van der Waals surface area contributed by atoms with E-state index in [-0.39, 0.29) is 0 Å². The van der Waals surface area contributed by atoms with Crippen LogP contribution in [0, 0.1) is 0 Å². The predicted octanol–water partition coefficient (Wildman–Crippen LogP) is 4.21. The Morgan fingerprint density at radius 3 is 2.00 bits per heavy atom. The van der Waals surface area contributed by atoms with E-state index in [2.05, 4.69) is 0 Å². The first-order chi connectivity index (χ1) is 20.1. The molecule has 13 heteroatoms. The largest absolute Gasteiger partial charge is 0.497 e. The maximum atomic E-state index is 14.4. The predicted molar refractivity (Wildman–Crippen MR) is 157 cm³/mol. The van der Waals surface area contributed by atoms with E-state index < -0.39 is 33.3 Å². The van der Waals surface area contributed by atoms with Gasteiger partial charge in [-0.05, 0) is 50.6 Å². The zero-order chi connectivity index (χ0) is 30.3. The Morgan fingerprint density at radius 1 is 0.929 bits per heavy atom. The number of ether oxygens (including phenoxy) is 3. The van der Waals surface area contributed by atoms with Crippen LogP contribution in [0.3, 0.4) is 0 Å². The first-order valence-corrected chi connectivity index (χ1v) is 14.8. The van der Waals surface area contributed by atoms with Gasteiger partial charge >= 0.3 is 19.7 Å². The molecule has 12 nitrogen and oxygen atoms in total. The summed E-state index contributed by atoms with van der Waals surface area (Å²) in [5.41, 5.74) is 2.24. The minimum absolute atomic E-state index is 0.394. The maximum Gasteiger partial charge on any atom is 0.445 e. The molecule has 0 fully saturated rings. The van der Waals surface area contributed by atoms with Gasteiger partial charge < -0.3 is 28.9 Å². The van der Waals surface area contributed by atoms with Crippen LogP contribution in [-0.2, 0) is 39.1 Å². The molecule has 1 aromatic heterocycles. The number of carbonyl (C=O) groups excluding carboxylic acids is 2. The number of allylic oxidation sites excluding steroid dienone is 2. The smallest absolute Gasteiger partial charge is 0.445 e. The van der Waals surface area contributed by atoms with Gasteiger partial charge in [-0.1, -0.05) is 12.2 Å². The third kappa shape index (κ3) is 7.71. The number of carbonyl (C=O) groups is 2. The van der Waals surface area contributed by atoms with Crippen LogP contribution in [-0.4, -0.2) is 86.4 Å². The summed E-state index contributed by atoms with van der Waals surface area (Å²) in [6.45, 7) is -0.582. The molecule has 0 unspecified atom stereocenters. The van der Waals surface area contributed by atoms with E-state index in [1.807, 2.05) is 55.7 Å². The van der Waals surface area contributed by atoms with Crippen molar-refractivity contribution in [3.63, 3.8) is 0 Å². The number of hydrogen-bond donors (Lipinski definition) is 0. The molecule has 2 aliphatic rings. The number of rotatable bonds is 13. The number of likely N-dealkylation sites (N-methyl/N-ethyl adjacent to an activating group) is 1. The van der Waals surface area contributed by atoms with Crippen molar-refractivity contribution in [1.29, 1.82) is 0 Å². The van der Waals surface area contributed by atoms with E-state index in [1.165, 1.54) is 11.4 Å². The molecule has 42 heavy (non-hydrogen) atoms. The van der Waals surface area contributed by atoms with Gasteiger partial charge in [-0.25, -0.2) is 14.2 Å². The van der Waals surface area contributed by atoms with Crippen LogP contribution in [0.4, 0.5) is 0 Å². The molecule has 0 radical (unpaired) electrons. The molecule has 0 amide bonds.